The number of ether oxygens (including phenoxy) is 1. The van der Waals surface area contributed by atoms with E-state index in [1.165, 1.54) is 0 Å². The molecular formula is C25H21NO4. The molecule has 1 aromatic heterocycles. The zero-order chi connectivity index (χ0) is 21.1. The van der Waals surface area contributed by atoms with Crippen LogP contribution in [0.15, 0.2) is 77.2 Å². The Bertz CT molecular complexity index is 1220. The lowest BCUT2D eigenvalue weighted by Crippen LogP contribution is -2.21. The molecule has 4 rings (SSSR count). The summed E-state index contributed by atoms with van der Waals surface area (Å²) >= 11 is 0. The molecule has 1 N–H and O–H groups in total. The monoisotopic (exact) mass is 399 g/mol. The largest absolute Gasteiger partial charge is 0.484 e. The van der Waals surface area contributed by atoms with Gasteiger partial charge in [-0.05, 0) is 43.7 Å². The molecule has 150 valence electrons. The zero-order valence-electron chi connectivity index (χ0n) is 16.8. The minimum absolute atomic E-state index is 0.101. The van der Waals surface area contributed by atoms with E-state index >= 15 is 0 Å². The highest BCUT2D eigenvalue weighted by atomic mass is 16.5. The molecule has 0 fully saturated rings. The summed E-state index contributed by atoms with van der Waals surface area (Å²) in [6, 6.07) is 21.9. The van der Waals surface area contributed by atoms with Crippen LogP contribution in [0.5, 0.6) is 5.75 Å². The first-order valence-electron chi connectivity index (χ1n) is 9.63. The number of hydrogen-bond donors (Lipinski definition) is 1. The van der Waals surface area contributed by atoms with Crippen molar-refractivity contribution in [1.82, 2.24) is 0 Å². The maximum Gasteiger partial charge on any atom is 0.262 e. The Balaban J connectivity index is 1.60. The van der Waals surface area contributed by atoms with Crippen LogP contribution in [0.3, 0.4) is 0 Å². The highest BCUT2D eigenvalue weighted by Crippen LogP contribution is 2.32. The summed E-state index contributed by atoms with van der Waals surface area (Å²) in [6.45, 7) is 3.73. The first-order valence-corrected chi connectivity index (χ1v) is 9.63. The van der Waals surface area contributed by atoms with E-state index in [9.17, 15) is 9.59 Å². The standard InChI is InChI=1S/C25H21NO4/c1-16-10-12-18(13-11-16)24(28)25-23(20-8-3-4-9-21(20)30-25)26-22(27)15-29-19-7-5-6-17(2)14-19/h3-14H,15H2,1-2H3,(H,26,27). The number of carbonyl (C=O) groups is 2. The minimum Gasteiger partial charge on any atom is -0.484 e. The summed E-state index contributed by atoms with van der Waals surface area (Å²) < 4.78 is 11.4. The Kier molecular flexibility index (Phi) is 5.35. The third kappa shape index (κ3) is 4.10. The number of anilines is 1. The molecule has 0 aliphatic carbocycles. The van der Waals surface area contributed by atoms with Gasteiger partial charge in [0.1, 0.15) is 11.3 Å². The first-order chi connectivity index (χ1) is 14.5. The maximum atomic E-state index is 13.1. The third-order valence-corrected chi connectivity index (χ3v) is 4.74. The second-order valence-corrected chi connectivity index (χ2v) is 7.15. The molecule has 0 atom stereocenters. The van der Waals surface area contributed by atoms with Crippen molar-refractivity contribution in [2.24, 2.45) is 0 Å². The molecular weight excluding hydrogens is 378 g/mol. The number of carbonyl (C=O) groups excluding carboxylic acids is 2. The predicted octanol–water partition coefficient (Wildman–Crippen LogP) is 5.30. The van der Waals surface area contributed by atoms with Gasteiger partial charge in [-0.15, -0.1) is 0 Å². The van der Waals surface area contributed by atoms with Crippen LogP contribution >= 0.6 is 0 Å². The lowest BCUT2D eigenvalue weighted by molar-refractivity contribution is -0.118. The quantitative estimate of drug-likeness (QED) is 0.447. The summed E-state index contributed by atoms with van der Waals surface area (Å²) in [5.41, 5.74) is 3.47. The number of ketones is 1. The number of furan rings is 1. The van der Waals surface area contributed by atoms with Gasteiger partial charge in [0.15, 0.2) is 12.4 Å². The number of para-hydroxylation sites is 1. The molecule has 4 aromatic rings. The lowest BCUT2D eigenvalue weighted by Gasteiger charge is -2.08. The van der Waals surface area contributed by atoms with E-state index in [0.717, 1.165) is 11.1 Å². The van der Waals surface area contributed by atoms with Crippen LogP contribution in [0, 0.1) is 13.8 Å². The molecule has 0 radical (unpaired) electrons. The number of amides is 1. The normalized spacial score (nSPS) is 10.7. The van der Waals surface area contributed by atoms with Gasteiger partial charge in [0.05, 0.1) is 5.69 Å². The first kappa shape index (κ1) is 19.5. The summed E-state index contributed by atoms with van der Waals surface area (Å²) in [6.07, 6.45) is 0. The van der Waals surface area contributed by atoms with E-state index in [1.54, 1.807) is 24.3 Å². The molecule has 1 amide bonds. The number of nitrogens with one attached hydrogen (secondary N) is 1. The Morgan fingerprint density at radius 3 is 2.43 bits per heavy atom. The van der Waals surface area contributed by atoms with Crippen molar-refractivity contribution in [3.63, 3.8) is 0 Å². The van der Waals surface area contributed by atoms with Crippen LogP contribution in [0.4, 0.5) is 5.69 Å². The van der Waals surface area contributed by atoms with Gasteiger partial charge in [-0.2, -0.15) is 0 Å². The lowest BCUT2D eigenvalue weighted by atomic mass is 10.1. The van der Waals surface area contributed by atoms with Gasteiger partial charge in [0.25, 0.3) is 5.91 Å². The van der Waals surface area contributed by atoms with Gasteiger partial charge in [0, 0.05) is 10.9 Å². The van der Waals surface area contributed by atoms with Crippen molar-refractivity contribution in [1.29, 1.82) is 0 Å². The Labute approximate surface area is 174 Å². The second kappa shape index (κ2) is 8.25. The van der Waals surface area contributed by atoms with Crippen molar-refractivity contribution in [2.75, 3.05) is 11.9 Å². The summed E-state index contributed by atoms with van der Waals surface area (Å²) in [4.78, 5) is 25.6. The third-order valence-electron chi connectivity index (χ3n) is 4.74. The Morgan fingerprint density at radius 1 is 0.900 bits per heavy atom. The van der Waals surface area contributed by atoms with Gasteiger partial charge >= 0.3 is 0 Å². The number of rotatable bonds is 6. The van der Waals surface area contributed by atoms with Crippen LogP contribution in [-0.2, 0) is 4.79 Å². The van der Waals surface area contributed by atoms with Crippen molar-refractivity contribution in [3.8, 4) is 5.75 Å². The molecule has 1 heterocycles. The summed E-state index contributed by atoms with van der Waals surface area (Å²) in [7, 11) is 0. The average molecular weight is 399 g/mol. The van der Waals surface area contributed by atoms with Gasteiger partial charge in [-0.25, -0.2) is 0 Å². The van der Waals surface area contributed by atoms with Crippen LogP contribution in [0.25, 0.3) is 11.0 Å². The second-order valence-electron chi connectivity index (χ2n) is 7.15. The summed E-state index contributed by atoms with van der Waals surface area (Å²) in [5, 5.41) is 3.47. The molecule has 0 aliphatic heterocycles. The SMILES string of the molecule is Cc1ccc(C(=O)c2oc3ccccc3c2NC(=O)COc2cccc(C)c2)cc1. The summed E-state index contributed by atoms with van der Waals surface area (Å²) in [5.74, 6) is 0.0456. The fourth-order valence-corrected chi connectivity index (χ4v) is 3.20. The molecule has 0 saturated heterocycles. The highest BCUT2D eigenvalue weighted by molar-refractivity contribution is 6.17. The molecule has 0 saturated carbocycles. The van der Waals surface area contributed by atoms with Crippen LogP contribution < -0.4 is 10.1 Å². The topological polar surface area (TPSA) is 68.5 Å². The van der Waals surface area contributed by atoms with E-state index in [-0.39, 0.29) is 24.1 Å². The fourth-order valence-electron chi connectivity index (χ4n) is 3.20. The zero-order valence-corrected chi connectivity index (χ0v) is 16.8. The van der Waals surface area contributed by atoms with Crippen LogP contribution in [0.2, 0.25) is 0 Å². The Morgan fingerprint density at radius 2 is 1.67 bits per heavy atom. The van der Waals surface area contributed by atoms with E-state index in [2.05, 4.69) is 5.32 Å². The van der Waals surface area contributed by atoms with Crippen LogP contribution in [-0.4, -0.2) is 18.3 Å². The molecule has 0 bridgehead atoms. The molecule has 5 nitrogen and oxygen atoms in total. The van der Waals surface area contributed by atoms with Crippen molar-refractivity contribution in [2.45, 2.75) is 13.8 Å². The number of benzene rings is 3. The smallest absolute Gasteiger partial charge is 0.262 e. The number of aryl methyl sites for hydroxylation is 2. The maximum absolute atomic E-state index is 13.1. The van der Waals surface area contributed by atoms with Crippen LogP contribution in [0.1, 0.15) is 27.2 Å². The highest BCUT2D eigenvalue weighted by Gasteiger charge is 2.23. The Hall–Kier alpha value is -3.86. The average Bonchev–Trinajstić information content (AvgIpc) is 3.11. The van der Waals surface area contributed by atoms with E-state index in [4.69, 9.17) is 9.15 Å². The van der Waals surface area contributed by atoms with E-state index in [1.807, 2.05) is 62.4 Å². The predicted molar refractivity (Wildman–Crippen MR) is 116 cm³/mol. The van der Waals surface area contributed by atoms with Gasteiger partial charge in [0.2, 0.25) is 5.78 Å². The number of fused-ring (bicyclic) bond motifs is 1. The molecule has 30 heavy (non-hydrogen) atoms. The number of hydrogen-bond acceptors (Lipinski definition) is 4. The van der Waals surface area contributed by atoms with Gasteiger partial charge in [-0.3, -0.25) is 9.59 Å². The molecule has 0 spiro atoms. The fraction of sp³-hybridized carbons (Fsp3) is 0.120. The van der Waals surface area contributed by atoms with Gasteiger partial charge < -0.3 is 14.5 Å². The van der Waals surface area contributed by atoms with Crippen molar-refractivity contribution >= 4 is 28.3 Å². The van der Waals surface area contributed by atoms with Gasteiger partial charge in [-0.1, -0.05) is 54.1 Å². The molecule has 0 aliphatic rings. The molecule has 5 heteroatoms. The van der Waals surface area contributed by atoms with E-state index in [0.29, 0.717) is 28.0 Å². The van der Waals surface area contributed by atoms with E-state index < -0.39 is 0 Å². The molecule has 3 aromatic carbocycles. The molecule has 0 unspecified atom stereocenters. The van der Waals surface area contributed by atoms with Crippen molar-refractivity contribution < 1.29 is 18.7 Å². The minimum atomic E-state index is -0.374. The van der Waals surface area contributed by atoms with Crippen molar-refractivity contribution in [3.05, 3.63) is 95.2 Å².